The molecule has 0 aliphatic rings. The molecule has 4 heteroatoms. The van der Waals surface area contributed by atoms with E-state index in [0.717, 1.165) is 5.39 Å². The monoisotopic (exact) mass is 273 g/mol. The number of hydrogen-bond donors (Lipinski definition) is 2. The van der Waals surface area contributed by atoms with Crippen molar-refractivity contribution < 1.29 is 14.6 Å². The Labute approximate surface area is 114 Å². The third kappa shape index (κ3) is 2.09. The minimum absolute atomic E-state index is 0.180. The molecule has 0 aliphatic heterocycles. The van der Waals surface area contributed by atoms with Gasteiger partial charge in [-0.3, -0.25) is 0 Å². The molecular formula is C15H10ClO3+. The van der Waals surface area contributed by atoms with Gasteiger partial charge in [-0.15, -0.1) is 0 Å². The lowest BCUT2D eigenvalue weighted by Gasteiger charge is -1.99. The predicted octanol–water partition coefficient (Wildman–Crippen LogP) is 4.45. The average molecular weight is 274 g/mol. The number of hydrogen-bond acceptors (Lipinski definition) is 2. The molecule has 2 aromatic carbocycles. The summed E-state index contributed by atoms with van der Waals surface area (Å²) in [6, 6.07) is 13.8. The molecule has 94 valence electrons. The zero-order chi connectivity index (χ0) is 13.4. The second kappa shape index (κ2) is 4.44. The fraction of sp³-hybridized carbons (Fsp3) is 0. The number of rotatable bonds is 1. The van der Waals surface area contributed by atoms with Crippen LogP contribution in [0.4, 0.5) is 0 Å². The lowest BCUT2D eigenvalue weighted by Crippen LogP contribution is -1.82. The average Bonchev–Trinajstić information content (AvgIpc) is 2.41. The van der Waals surface area contributed by atoms with Crippen molar-refractivity contribution in [2.45, 2.75) is 0 Å². The third-order valence-electron chi connectivity index (χ3n) is 2.87. The van der Waals surface area contributed by atoms with Gasteiger partial charge in [0.15, 0.2) is 11.5 Å². The SMILES string of the molecule is Oc1ccc(-c2[o+]c3ccccc3cc2Cl)cc1O. The minimum atomic E-state index is -0.211. The maximum atomic E-state index is 9.53. The molecule has 1 aromatic heterocycles. The number of para-hydroxylation sites is 1. The Kier molecular flexibility index (Phi) is 2.76. The Morgan fingerprint density at radius 2 is 1.68 bits per heavy atom. The fourth-order valence-electron chi connectivity index (χ4n) is 1.91. The Hall–Kier alpha value is -2.26. The predicted molar refractivity (Wildman–Crippen MR) is 74.4 cm³/mol. The van der Waals surface area contributed by atoms with Crippen LogP contribution in [0.3, 0.4) is 0 Å². The molecule has 0 saturated heterocycles. The summed E-state index contributed by atoms with van der Waals surface area (Å²) in [7, 11) is 0. The fourth-order valence-corrected chi connectivity index (χ4v) is 2.18. The quantitative estimate of drug-likeness (QED) is 0.509. The number of benzene rings is 2. The molecule has 0 spiro atoms. The van der Waals surface area contributed by atoms with Crippen LogP contribution in [-0.2, 0) is 0 Å². The van der Waals surface area contributed by atoms with Crippen molar-refractivity contribution in [3.63, 3.8) is 0 Å². The standard InChI is InChI=1S/C15H9ClO3/c16-11-7-9-3-1-2-4-14(9)19-15(11)10-5-6-12(17)13(18)8-10/h1-8H,(H-,17,18)/p+1. The summed E-state index contributed by atoms with van der Waals surface area (Å²) >= 11 is 6.19. The van der Waals surface area contributed by atoms with Crippen molar-refractivity contribution in [1.29, 1.82) is 0 Å². The number of phenolic OH excluding ortho intramolecular Hbond substituents is 2. The van der Waals surface area contributed by atoms with E-state index in [2.05, 4.69) is 0 Å². The van der Waals surface area contributed by atoms with Gasteiger partial charge in [0.25, 0.3) is 0 Å². The van der Waals surface area contributed by atoms with Crippen molar-refractivity contribution in [2.75, 3.05) is 0 Å². The molecule has 1 heterocycles. The Morgan fingerprint density at radius 1 is 0.895 bits per heavy atom. The van der Waals surface area contributed by atoms with Crippen LogP contribution in [-0.4, -0.2) is 10.2 Å². The number of fused-ring (bicyclic) bond motifs is 1. The summed E-state index contributed by atoms with van der Waals surface area (Å²) in [6.07, 6.45) is 0. The van der Waals surface area contributed by atoms with E-state index in [9.17, 15) is 10.2 Å². The van der Waals surface area contributed by atoms with E-state index < -0.39 is 0 Å². The van der Waals surface area contributed by atoms with E-state index in [1.807, 2.05) is 24.3 Å². The normalized spacial score (nSPS) is 10.8. The Bertz CT molecular complexity index is 768. The van der Waals surface area contributed by atoms with Gasteiger partial charge in [-0.1, -0.05) is 23.7 Å². The summed E-state index contributed by atoms with van der Waals surface area (Å²) in [5.74, 6) is 0.0632. The molecule has 3 rings (SSSR count). The largest absolute Gasteiger partial charge is 0.504 e. The zero-order valence-corrected chi connectivity index (χ0v) is 10.6. The second-order valence-electron chi connectivity index (χ2n) is 4.16. The first kappa shape index (κ1) is 11.8. The van der Waals surface area contributed by atoms with Gasteiger partial charge < -0.3 is 10.2 Å². The molecule has 2 N–H and O–H groups in total. The minimum Gasteiger partial charge on any atom is -0.504 e. The first-order valence-electron chi connectivity index (χ1n) is 5.69. The van der Waals surface area contributed by atoms with Crippen LogP contribution in [0.2, 0.25) is 5.02 Å². The van der Waals surface area contributed by atoms with E-state index in [1.165, 1.54) is 12.1 Å². The summed E-state index contributed by atoms with van der Waals surface area (Å²) in [6.45, 7) is 0. The number of halogens is 1. The Balaban J connectivity index is 2.23. The van der Waals surface area contributed by atoms with Crippen molar-refractivity contribution >= 4 is 22.6 Å². The molecule has 3 nitrogen and oxygen atoms in total. The molecule has 0 unspecified atom stereocenters. The highest BCUT2D eigenvalue weighted by atomic mass is 35.5. The summed E-state index contributed by atoms with van der Waals surface area (Å²) < 4.78 is 5.75. The van der Waals surface area contributed by atoms with E-state index >= 15 is 0 Å². The molecule has 0 bridgehead atoms. The van der Waals surface area contributed by atoms with Gasteiger partial charge in [-0.05, 0) is 24.3 Å². The molecule has 0 radical (unpaired) electrons. The number of aromatic hydroxyl groups is 2. The summed E-state index contributed by atoms with van der Waals surface area (Å²) in [5.41, 5.74) is 1.31. The van der Waals surface area contributed by atoms with Crippen molar-refractivity contribution in [2.24, 2.45) is 0 Å². The zero-order valence-electron chi connectivity index (χ0n) is 9.80. The van der Waals surface area contributed by atoms with Crippen LogP contribution in [0.15, 0.2) is 52.9 Å². The van der Waals surface area contributed by atoms with E-state index in [-0.39, 0.29) is 11.5 Å². The Morgan fingerprint density at radius 3 is 2.47 bits per heavy atom. The highest BCUT2D eigenvalue weighted by Gasteiger charge is 2.21. The third-order valence-corrected chi connectivity index (χ3v) is 3.15. The van der Waals surface area contributed by atoms with Crippen LogP contribution in [0.25, 0.3) is 22.3 Å². The maximum Gasteiger partial charge on any atom is 0.379 e. The molecule has 0 saturated carbocycles. The van der Waals surface area contributed by atoms with Gasteiger partial charge in [0.05, 0.1) is 10.9 Å². The van der Waals surface area contributed by atoms with Crippen LogP contribution < -0.4 is 0 Å². The first-order valence-corrected chi connectivity index (χ1v) is 6.07. The van der Waals surface area contributed by atoms with Crippen molar-refractivity contribution in [3.8, 4) is 22.8 Å². The van der Waals surface area contributed by atoms with Gasteiger partial charge >= 0.3 is 11.3 Å². The lowest BCUT2D eigenvalue weighted by atomic mass is 10.1. The van der Waals surface area contributed by atoms with E-state index in [0.29, 0.717) is 21.9 Å². The van der Waals surface area contributed by atoms with Crippen LogP contribution >= 0.6 is 11.6 Å². The highest BCUT2D eigenvalue weighted by molar-refractivity contribution is 6.33. The second-order valence-corrected chi connectivity index (χ2v) is 4.57. The molecule has 19 heavy (non-hydrogen) atoms. The van der Waals surface area contributed by atoms with Gasteiger partial charge in [-0.25, -0.2) is 4.42 Å². The van der Waals surface area contributed by atoms with Crippen LogP contribution in [0.1, 0.15) is 0 Å². The highest BCUT2D eigenvalue weighted by Crippen LogP contribution is 2.36. The van der Waals surface area contributed by atoms with Crippen molar-refractivity contribution in [3.05, 3.63) is 53.6 Å². The van der Waals surface area contributed by atoms with E-state index in [4.69, 9.17) is 16.0 Å². The summed E-state index contributed by atoms with van der Waals surface area (Å²) in [4.78, 5) is 0. The molecule has 0 amide bonds. The molecule has 0 aliphatic carbocycles. The van der Waals surface area contributed by atoms with Gasteiger partial charge in [0, 0.05) is 12.1 Å². The molecule has 0 atom stereocenters. The molecular weight excluding hydrogens is 264 g/mol. The maximum absolute atomic E-state index is 9.53. The number of phenols is 2. The topological polar surface area (TPSA) is 51.8 Å². The molecule has 3 aromatic rings. The van der Waals surface area contributed by atoms with Crippen LogP contribution in [0, 0.1) is 0 Å². The van der Waals surface area contributed by atoms with Crippen LogP contribution in [0.5, 0.6) is 11.5 Å². The van der Waals surface area contributed by atoms with Crippen molar-refractivity contribution in [1.82, 2.24) is 0 Å². The van der Waals surface area contributed by atoms with Gasteiger partial charge in [0.1, 0.15) is 5.02 Å². The lowest BCUT2D eigenvalue weighted by molar-refractivity contribution is 0.404. The smallest absolute Gasteiger partial charge is 0.379 e. The van der Waals surface area contributed by atoms with E-state index in [1.54, 1.807) is 12.1 Å². The van der Waals surface area contributed by atoms with Gasteiger partial charge in [-0.2, -0.15) is 0 Å². The summed E-state index contributed by atoms with van der Waals surface area (Å²) in [5, 5.41) is 20.2. The van der Waals surface area contributed by atoms with Gasteiger partial charge in [0.2, 0.25) is 0 Å². The first-order chi connectivity index (χ1) is 9.15. The molecule has 0 fully saturated rings.